The van der Waals surface area contributed by atoms with Crippen LogP contribution in [-0.2, 0) is 12.8 Å². The van der Waals surface area contributed by atoms with Crippen LogP contribution in [0.15, 0.2) is 0 Å². The van der Waals surface area contributed by atoms with Crippen molar-refractivity contribution < 1.29 is 0 Å². The summed E-state index contributed by atoms with van der Waals surface area (Å²) in [4.78, 5) is 9.63. The van der Waals surface area contributed by atoms with Gasteiger partial charge >= 0.3 is 0 Å². The zero-order chi connectivity index (χ0) is 11.7. The van der Waals surface area contributed by atoms with Crippen LogP contribution in [0.5, 0.6) is 0 Å². The summed E-state index contributed by atoms with van der Waals surface area (Å²) in [5.41, 5.74) is 4.02. The number of aryl methyl sites for hydroxylation is 2. The summed E-state index contributed by atoms with van der Waals surface area (Å²) < 4.78 is 0. The van der Waals surface area contributed by atoms with Crippen LogP contribution in [0, 0.1) is 6.92 Å². The van der Waals surface area contributed by atoms with E-state index >= 15 is 0 Å². The van der Waals surface area contributed by atoms with Gasteiger partial charge < -0.3 is 5.32 Å². The fourth-order valence-corrected chi connectivity index (χ4v) is 3.07. The molecule has 1 saturated heterocycles. The van der Waals surface area contributed by atoms with Crippen molar-refractivity contribution in [1.29, 1.82) is 0 Å². The monoisotopic (exact) mass is 231 g/mol. The molecule has 0 unspecified atom stereocenters. The second-order valence-electron chi connectivity index (χ2n) is 5.32. The Morgan fingerprint density at radius 1 is 1.06 bits per heavy atom. The maximum absolute atomic E-state index is 4.86. The molecule has 2 aliphatic rings. The quantitative estimate of drug-likeness (QED) is 0.804. The first kappa shape index (κ1) is 11.1. The molecular weight excluding hydrogens is 210 g/mol. The molecule has 3 heteroatoms. The first-order valence-electron chi connectivity index (χ1n) is 6.91. The molecule has 0 aromatic carbocycles. The third kappa shape index (κ3) is 2.21. The molecule has 1 N–H and O–H groups in total. The van der Waals surface area contributed by atoms with Crippen LogP contribution >= 0.6 is 0 Å². The lowest BCUT2D eigenvalue weighted by Gasteiger charge is -2.24. The number of fused-ring (bicyclic) bond motifs is 1. The van der Waals surface area contributed by atoms with E-state index in [0.29, 0.717) is 5.92 Å². The number of piperidine rings is 1. The van der Waals surface area contributed by atoms with Gasteiger partial charge in [0, 0.05) is 17.3 Å². The number of aromatic nitrogens is 2. The molecule has 92 valence electrons. The number of hydrogen-bond donors (Lipinski definition) is 1. The zero-order valence-corrected chi connectivity index (χ0v) is 10.6. The SMILES string of the molecule is Cc1nc(C2CCNCC2)nc2c1CCCC2. The van der Waals surface area contributed by atoms with Gasteiger partial charge in [-0.25, -0.2) is 9.97 Å². The molecule has 17 heavy (non-hydrogen) atoms. The van der Waals surface area contributed by atoms with Crippen molar-refractivity contribution in [2.75, 3.05) is 13.1 Å². The molecule has 1 aliphatic carbocycles. The van der Waals surface area contributed by atoms with E-state index in [-0.39, 0.29) is 0 Å². The van der Waals surface area contributed by atoms with E-state index in [9.17, 15) is 0 Å². The van der Waals surface area contributed by atoms with E-state index in [1.807, 2.05) is 0 Å². The van der Waals surface area contributed by atoms with Crippen molar-refractivity contribution in [3.63, 3.8) is 0 Å². The lowest BCUT2D eigenvalue weighted by Crippen LogP contribution is -2.28. The average Bonchev–Trinajstić information content (AvgIpc) is 2.40. The van der Waals surface area contributed by atoms with Gasteiger partial charge in [-0.2, -0.15) is 0 Å². The van der Waals surface area contributed by atoms with Crippen molar-refractivity contribution in [1.82, 2.24) is 15.3 Å². The summed E-state index contributed by atoms with van der Waals surface area (Å²) in [7, 11) is 0. The predicted octanol–water partition coefficient (Wildman–Crippen LogP) is 2.13. The van der Waals surface area contributed by atoms with Crippen LogP contribution in [0.4, 0.5) is 0 Å². The fourth-order valence-electron chi connectivity index (χ4n) is 3.07. The van der Waals surface area contributed by atoms with Gasteiger partial charge in [0.2, 0.25) is 0 Å². The molecule has 0 bridgehead atoms. The Kier molecular flexibility index (Phi) is 3.10. The lowest BCUT2D eigenvalue weighted by atomic mass is 9.93. The van der Waals surface area contributed by atoms with E-state index in [4.69, 9.17) is 9.97 Å². The van der Waals surface area contributed by atoms with E-state index in [1.54, 1.807) is 0 Å². The highest BCUT2D eigenvalue weighted by Crippen LogP contribution is 2.27. The third-order valence-electron chi connectivity index (χ3n) is 4.11. The van der Waals surface area contributed by atoms with Crippen molar-refractivity contribution in [3.05, 3.63) is 22.8 Å². The summed E-state index contributed by atoms with van der Waals surface area (Å²) >= 11 is 0. The summed E-state index contributed by atoms with van der Waals surface area (Å²) in [5.74, 6) is 1.70. The molecule has 0 atom stereocenters. The van der Waals surface area contributed by atoms with Crippen LogP contribution in [0.25, 0.3) is 0 Å². The summed E-state index contributed by atoms with van der Waals surface area (Å²) in [6.45, 7) is 4.39. The van der Waals surface area contributed by atoms with Crippen molar-refractivity contribution in [2.24, 2.45) is 0 Å². The minimum atomic E-state index is 0.585. The highest BCUT2D eigenvalue weighted by molar-refractivity contribution is 5.28. The summed E-state index contributed by atoms with van der Waals surface area (Å²) in [6.07, 6.45) is 7.35. The van der Waals surface area contributed by atoms with Gasteiger partial charge in [0.05, 0.1) is 0 Å². The van der Waals surface area contributed by atoms with Crippen LogP contribution in [0.3, 0.4) is 0 Å². The Labute approximate surface area is 103 Å². The van der Waals surface area contributed by atoms with Crippen molar-refractivity contribution >= 4 is 0 Å². The fraction of sp³-hybridized carbons (Fsp3) is 0.714. The molecule has 1 fully saturated rings. The molecule has 1 aromatic rings. The van der Waals surface area contributed by atoms with Crippen molar-refractivity contribution in [2.45, 2.75) is 51.4 Å². The second kappa shape index (κ2) is 4.73. The topological polar surface area (TPSA) is 37.8 Å². The highest BCUT2D eigenvalue weighted by Gasteiger charge is 2.21. The largest absolute Gasteiger partial charge is 0.317 e. The Morgan fingerprint density at radius 2 is 1.82 bits per heavy atom. The highest BCUT2D eigenvalue weighted by atomic mass is 14.9. The van der Waals surface area contributed by atoms with E-state index in [0.717, 1.165) is 25.3 Å². The number of hydrogen-bond acceptors (Lipinski definition) is 3. The Bertz CT molecular complexity index is 408. The maximum atomic E-state index is 4.86. The number of nitrogens with zero attached hydrogens (tertiary/aromatic N) is 2. The van der Waals surface area contributed by atoms with E-state index < -0.39 is 0 Å². The standard InChI is InChI=1S/C14H21N3/c1-10-12-4-2-3-5-13(12)17-14(16-10)11-6-8-15-9-7-11/h11,15H,2-9H2,1H3. The summed E-state index contributed by atoms with van der Waals surface area (Å²) in [5, 5.41) is 3.41. The average molecular weight is 231 g/mol. The number of rotatable bonds is 1. The van der Waals surface area contributed by atoms with E-state index in [2.05, 4.69) is 12.2 Å². The maximum Gasteiger partial charge on any atom is 0.132 e. The Balaban J connectivity index is 1.92. The van der Waals surface area contributed by atoms with E-state index in [1.165, 1.54) is 49.1 Å². The van der Waals surface area contributed by atoms with Crippen LogP contribution in [-0.4, -0.2) is 23.1 Å². The normalized spacial score (nSPS) is 21.2. The van der Waals surface area contributed by atoms with Gasteiger partial charge in [0.15, 0.2) is 0 Å². The number of nitrogens with one attached hydrogen (secondary N) is 1. The first-order chi connectivity index (χ1) is 8.34. The van der Waals surface area contributed by atoms with Gasteiger partial charge in [-0.1, -0.05) is 0 Å². The minimum absolute atomic E-state index is 0.585. The molecule has 0 saturated carbocycles. The molecule has 1 aliphatic heterocycles. The van der Waals surface area contributed by atoms with Crippen LogP contribution in [0.2, 0.25) is 0 Å². The molecule has 2 heterocycles. The van der Waals surface area contributed by atoms with Gasteiger partial charge in [-0.3, -0.25) is 0 Å². The third-order valence-corrected chi connectivity index (χ3v) is 4.11. The molecule has 0 radical (unpaired) electrons. The van der Waals surface area contributed by atoms with Gasteiger partial charge in [0.25, 0.3) is 0 Å². The van der Waals surface area contributed by atoms with Crippen molar-refractivity contribution in [3.8, 4) is 0 Å². The smallest absolute Gasteiger partial charge is 0.132 e. The molecule has 3 rings (SSSR count). The summed E-state index contributed by atoms with van der Waals surface area (Å²) in [6, 6.07) is 0. The molecular formula is C14H21N3. The second-order valence-corrected chi connectivity index (χ2v) is 5.32. The van der Waals surface area contributed by atoms with Crippen LogP contribution < -0.4 is 5.32 Å². The van der Waals surface area contributed by atoms with Gasteiger partial charge in [0.1, 0.15) is 5.82 Å². The Hall–Kier alpha value is -0.960. The predicted molar refractivity (Wildman–Crippen MR) is 68.3 cm³/mol. The Morgan fingerprint density at radius 3 is 2.65 bits per heavy atom. The first-order valence-corrected chi connectivity index (χ1v) is 6.91. The molecule has 1 aromatic heterocycles. The minimum Gasteiger partial charge on any atom is -0.317 e. The molecule has 0 spiro atoms. The van der Waals surface area contributed by atoms with Crippen LogP contribution in [0.1, 0.15) is 54.4 Å². The van der Waals surface area contributed by atoms with Gasteiger partial charge in [-0.15, -0.1) is 0 Å². The lowest BCUT2D eigenvalue weighted by molar-refractivity contribution is 0.441. The van der Waals surface area contributed by atoms with Gasteiger partial charge in [-0.05, 0) is 64.1 Å². The molecule has 3 nitrogen and oxygen atoms in total. The zero-order valence-electron chi connectivity index (χ0n) is 10.6. The molecule has 0 amide bonds.